The molecule has 1 fully saturated rings. The predicted molar refractivity (Wildman–Crippen MR) is 81.6 cm³/mol. The van der Waals surface area contributed by atoms with Gasteiger partial charge in [-0.3, -0.25) is 0 Å². The van der Waals surface area contributed by atoms with Gasteiger partial charge in [0, 0.05) is 11.3 Å². The van der Waals surface area contributed by atoms with E-state index in [1.807, 2.05) is 30.8 Å². The van der Waals surface area contributed by atoms with Gasteiger partial charge in [0.1, 0.15) is 11.3 Å². The number of carboxylic acid groups (broad SMARTS) is 1. The molecule has 2 unspecified atom stereocenters. The molecule has 0 saturated heterocycles. The number of benzene rings is 1. The molecule has 20 heavy (non-hydrogen) atoms. The maximum Gasteiger partial charge on any atom is 0.337 e. The van der Waals surface area contributed by atoms with E-state index in [0.29, 0.717) is 22.4 Å². The zero-order valence-electron chi connectivity index (χ0n) is 11.7. The second-order valence-corrected chi connectivity index (χ2v) is 6.36. The normalized spacial score (nSPS) is 22.5. The fraction of sp³-hybridized carbons (Fsp3) is 0.467. The molecule has 0 amide bonds. The Bertz CT molecular complexity index is 665. The Kier molecular flexibility index (Phi) is 3.46. The number of hydrogen-bond acceptors (Lipinski definition) is 3. The quantitative estimate of drug-likeness (QED) is 0.940. The predicted octanol–water partition coefficient (Wildman–Crippen LogP) is 3.50. The van der Waals surface area contributed by atoms with Gasteiger partial charge in [-0.25, -0.2) is 9.78 Å². The van der Waals surface area contributed by atoms with Crippen molar-refractivity contribution in [3.8, 4) is 0 Å². The molecule has 0 spiro atoms. The van der Waals surface area contributed by atoms with Crippen LogP contribution < -0.4 is 0 Å². The first-order chi connectivity index (χ1) is 9.63. The van der Waals surface area contributed by atoms with Crippen LogP contribution >= 0.6 is 11.8 Å². The summed E-state index contributed by atoms with van der Waals surface area (Å²) in [5.41, 5.74) is 1.86. The van der Waals surface area contributed by atoms with E-state index in [9.17, 15) is 9.90 Å². The summed E-state index contributed by atoms with van der Waals surface area (Å²) in [5.74, 6) is 0.00717. The Morgan fingerprint density at radius 1 is 1.45 bits per heavy atom. The smallest absolute Gasteiger partial charge is 0.337 e. The molecule has 1 saturated carbocycles. The molecular formula is C15H18N2O2S. The van der Waals surface area contributed by atoms with Gasteiger partial charge in [0.2, 0.25) is 0 Å². The summed E-state index contributed by atoms with van der Waals surface area (Å²) >= 11 is 1.90. The van der Waals surface area contributed by atoms with E-state index in [4.69, 9.17) is 0 Å². The van der Waals surface area contributed by atoms with Gasteiger partial charge in [0.05, 0.1) is 11.1 Å². The molecule has 1 aliphatic rings. The Morgan fingerprint density at radius 2 is 2.25 bits per heavy atom. The number of aromatic nitrogens is 2. The monoisotopic (exact) mass is 290 g/mol. The summed E-state index contributed by atoms with van der Waals surface area (Å²) in [5, 5.41) is 9.89. The number of aryl methyl sites for hydroxylation is 1. The number of thioether (sulfide) groups is 1. The number of fused-ring (bicyclic) bond motifs is 1. The summed E-state index contributed by atoms with van der Waals surface area (Å²) in [6, 6.07) is 5.85. The minimum absolute atomic E-state index is 0.294. The Hall–Kier alpha value is -1.49. The van der Waals surface area contributed by atoms with Gasteiger partial charge in [0.15, 0.2) is 0 Å². The first-order valence-electron chi connectivity index (χ1n) is 6.87. The van der Waals surface area contributed by atoms with Crippen LogP contribution in [0.3, 0.4) is 0 Å². The third-order valence-corrected chi connectivity index (χ3v) is 5.33. The average molecular weight is 290 g/mol. The van der Waals surface area contributed by atoms with Gasteiger partial charge in [-0.05, 0) is 38.2 Å². The topological polar surface area (TPSA) is 55.1 Å². The van der Waals surface area contributed by atoms with Crippen molar-refractivity contribution in [1.29, 1.82) is 0 Å². The summed E-state index contributed by atoms with van der Waals surface area (Å²) in [6.07, 6.45) is 5.76. The molecule has 0 aliphatic heterocycles. The van der Waals surface area contributed by atoms with Crippen LogP contribution in [0.15, 0.2) is 18.2 Å². The standard InChI is InChI=1S/C15H18N2O2S/c1-9-16-14-10(15(18)19)5-3-7-12(14)17(9)11-6-4-8-13(11)20-2/h3,5,7,11,13H,4,6,8H2,1-2H3,(H,18,19). The molecule has 3 rings (SSSR count). The number of carbonyl (C=O) groups is 1. The molecule has 1 N–H and O–H groups in total. The van der Waals surface area contributed by atoms with Gasteiger partial charge in [-0.15, -0.1) is 0 Å². The van der Waals surface area contributed by atoms with Crippen LogP contribution in [-0.4, -0.2) is 32.1 Å². The van der Waals surface area contributed by atoms with Crippen molar-refractivity contribution in [1.82, 2.24) is 9.55 Å². The molecule has 2 aromatic rings. The van der Waals surface area contributed by atoms with Crippen molar-refractivity contribution in [3.05, 3.63) is 29.6 Å². The maximum atomic E-state index is 11.3. The van der Waals surface area contributed by atoms with Crippen LogP contribution in [-0.2, 0) is 0 Å². The Labute approximate surface area is 122 Å². The van der Waals surface area contributed by atoms with Gasteiger partial charge in [-0.2, -0.15) is 11.8 Å². The van der Waals surface area contributed by atoms with E-state index in [-0.39, 0.29) is 0 Å². The molecule has 4 nitrogen and oxygen atoms in total. The number of para-hydroxylation sites is 1. The number of aromatic carboxylic acids is 1. The first kappa shape index (κ1) is 13.5. The molecule has 1 aromatic carbocycles. The molecule has 1 aliphatic carbocycles. The van der Waals surface area contributed by atoms with E-state index in [2.05, 4.69) is 15.8 Å². The molecule has 1 heterocycles. The largest absolute Gasteiger partial charge is 0.478 e. The van der Waals surface area contributed by atoms with Crippen LogP contribution in [0, 0.1) is 6.92 Å². The van der Waals surface area contributed by atoms with Crippen molar-refractivity contribution in [3.63, 3.8) is 0 Å². The SMILES string of the molecule is CSC1CCCC1n1c(C)nc2c(C(=O)O)cccc21. The lowest BCUT2D eigenvalue weighted by atomic mass is 10.1. The van der Waals surface area contributed by atoms with Crippen LogP contribution in [0.1, 0.15) is 41.5 Å². The second kappa shape index (κ2) is 5.13. The summed E-state index contributed by atoms with van der Waals surface area (Å²) in [7, 11) is 0. The fourth-order valence-corrected chi connectivity index (χ4v) is 4.28. The third kappa shape index (κ3) is 2.00. The number of rotatable bonds is 3. The second-order valence-electron chi connectivity index (χ2n) is 5.28. The molecule has 1 aromatic heterocycles. The highest BCUT2D eigenvalue weighted by Crippen LogP contribution is 2.40. The molecule has 0 radical (unpaired) electrons. The minimum Gasteiger partial charge on any atom is -0.478 e. The van der Waals surface area contributed by atoms with Crippen LogP contribution in [0.25, 0.3) is 11.0 Å². The Balaban J connectivity index is 2.19. The zero-order chi connectivity index (χ0) is 14.3. The molecule has 5 heteroatoms. The van der Waals surface area contributed by atoms with E-state index in [1.165, 1.54) is 12.8 Å². The molecular weight excluding hydrogens is 272 g/mol. The highest BCUT2D eigenvalue weighted by molar-refractivity contribution is 7.99. The summed E-state index contributed by atoms with van der Waals surface area (Å²) in [6.45, 7) is 1.97. The minimum atomic E-state index is -0.909. The lowest BCUT2D eigenvalue weighted by Crippen LogP contribution is -2.16. The zero-order valence-corrected chi connectivity index (χ0v) is 12.5. The number of hydrogen-bond donors (Lipinski definition) is 1. The van der Waals surface area contributed by atoms with Crippen LogP contribution in [0.2, 0.25) is 0 Å². The van der Waals surface area contributed by atoms with Gasteiger partial charge in [-0.1, -0.05) is 12.5 Å². The highest BCUT2D eigenvalue weighted by Gasteiger charge is 2.30. The number of nitrogens with zero attached hydrogens (tertiary/aromatic N) is 2. The highest BCUT2D eigenvalue weighted by atomic mass is 32.2. The summed E-state index contributed by atoms with van der Waals surface area (Å²) < 4.78 is 2.25. The lowest BCUT2D eigenvalue weighted by Gasteiger charge is -2.21. The van der Waals surface area contributed by atoms with E-state index >= 15 is 0 Å². The van der Waals surface area contributed by atoms with Gasteiger partial charge >= 0.3 is 5.97 Å². The average Bonchev–Trinajstić information content (AvgIpc) is 2.99. The van der Waals surface area contributed by atoms with Crippen LogP contribution in [0.5, 0.6) is 0 Å². The maximum absolute atomic E-state index is 11.3. The van der Waals surface area contributed by atoms with E-state index in [0.717, 1.165) is 17.8 Å². The summed E-state index contributed by atoms with van der Waals surface area (Å²) in [4.78, 5) is 15.8. The van der Waals surface area contributed by atoms with Crippen molar-refractivity contribution in [2.75, 3.05) is 6.26 Å². The van der Waals surface area contributed by atoms with Crippen molar-refractivity contribution in [2.24, 2.45) is 0 Å². The van der Waals surface area contributed by atoms with E-state index < -0.39 is 5.97 Å². The molecule has 106 valence electrons. The number of imidazole rings is 1. The fourth-order valence-electron chi connectivity index (χ4n) is 3.30. The van der Waals surface area contributed by atoms with Crippen molar-refractivity contribution < 1.29 is 9.90 Å². The van der Waals surface area contributed by atoms with Crippen molar-refractivity contribution >= 4 is 28.8 Å². The molecule has 2 atom stereocenters. The van der Waals surface area contributed by atoms with Crippen molar-refractivity contribution in [2.45, 2.75) is 37.5 Å². The van der Waals surface area contributed by atoms with Crippen LogP contribution in [0.4, 0.5) is 0 Å². The first-order valence-corrected chi connectivity index (χ1v) is 8.16. The van der Waals surface area contributed by atoms with E-state index in [1.54, 1.807) is 6.07 Å². The lowest BCUT2D eigenvalue weighted by molar-refractivity contribution is 0.0699. The molecule has 0 bridgehead atoms. The Morgan fingerprint density at radius 3 is 2.95 bits per heavy atom. The van der Waals surface area contributed by atoms with Gasteiger partial charge < -0.3 is 9.67 Å². The number of carboxylic acids is 1. The third-order valence-electron chi connectivity index (χ3n) is 4.18. The van der Waals surface area contributed by atoms with Gasteiger partial charge in [0.25, 0.3) is 0 Å².